The molecule has 0 bridgehead atoms. The van der Waals surface area contributed by atoms with Crippen LogP contribution >= 0.6 is 11.3 Å². The summed E-state index contributed by atoms with van der Waals surface area (Å²) in [5.74, 6) is -0.285. The van der Waals surface area contributed by atoms with E-state index in [1.807, 2.05) is 19.2 Å². The predicted molar refractivity (Wildman–Crippen MR) is 89.2 cm³/mol. The molecule has 0 spiro atoms. The first-order valence-electron chi connectivity index (χ1n) is 7.86. The molecule has 1 saturated carbocycles. The largest absolute Gasteiger partial charge is 0.354 e. The van der Waals surface area contributed by atoms with Gasteiger partial charge in [0.2, 0.25) is 11.8 Å². The van der Waals surface area contributed by atoms with Crippen molar-refractivity contribution >= 4 is 29.1 Å². The van der Waals surface area contributed by atoms with Gasteiger partial charge < -0.3 is 16.0 Å². The first-order chi connectivity index (χ1) is 11.0. The Labute approximate surface area is 140 Å². The molecule has 1 fully saturated rings. The summed E-state index contributed by atoms with van der Waals surface area (Å²) in [5.41, 5.74) is 0. The monoisotopic (exact) mass is 337 g/mol. The highest BCUT2D eigenvalue weighted by molar-refractivity contribution is 7.12. The van der Waals surface area contributed by atoms with Crippen LogP contribution in [0.4, 0.5) is 0 Å². The van der Waals surface area contributed by atoms with Crippen molar-refractivity contribution in [2.75, 3.05) is 13.1 Å². The second-order valence-electron chi connectivity index (χ2n) is 6.14. The van der Waals surface area contributed by atoms with E-state index in [4.69, 9.17) is 0 Å². The quantitative estimate of drug-likeness (QED) is 0.665. The molecule has 1 aromatic heterocycles. The van der Waals surface area contributed by atoms with E-state index >= 15 is 0 Å². The fourth-order valence-corrected chi connectivity index (χ4v) is 2.70. The summed E-state index contributed by atoms with van der Waals surface area (Å²) in [6.07, 6.45) is 2.33. The van der Waals surface area contributed by atoms with E-state index < -0.39 is 6.04 Å². The van der Waals surface area contributed by atoms with Crippen molar-refractivity contribution in [3.05, 3.63) is 22.4 Å². The Morgan fingerprint density at radius 3 is 2.57 bits per heavy atom. The standard InChI is InChI=1S/C16H23N3O3S/c1-10(2)14(19-15(21)12-4-3-7-23-12)16(22)18-9-13(20)17-8-11-5-6-11/h3-4,7,10-11,14H,5-6,8-9H2,1-2H3,(H,17,20)(H,18,22)(H,19,21)/t14-/m1/s1. The summed E-state index contributed by atoms with van der Waals surface area (Å²) in [6, 6.07) is 2.83. The van der Waals surface area contributed by atoms with Crippen molar-refractivity contribution in [3.63, 3.8) is 0 Å². The van der Waals surface area contributed by atoms with E-state index in [0.717, 1.165) is 12.8 Å². The molecule has 0 saturated heterocycles. The van der Waals surface area contributed by atoms with E-state index in [-0.39, 0.29) is 30.2 Å². The zero-order chi connectivity index (χ0) is 16.8. The van der Waals surface area contributed by atoms with Crippen LogP contribution in [-0.4, -0.2) is 36.9 Å². The van der Waals surface area contributed by atoms with E-state index in [0.29, 0.717) is 17.3 Å². The van der Waals surface area contributed by atoms with Crippen molar-refractivity contribution in [2.24, 2.45) is 11.8 Å². The molecule has 126 valence electrons. The molecule has 0 unspecified atom stereocenters. The molecule has 7 heteroatoms. The molecule has 0 aliphatic heterocycles. The minimum absolute atomic E-state index is 0.0658. The molecule has 6 nitrogen and oxygen atoms in total. The fraction of sp³-hybridized carbons (Fsp3) is 0.562. The van der Waals surface area contributed by atoms with Crippen LogP contribution in [-0.2, 0) is 9.59 Å². The van der Waals surface area contributed by atoms with Crippen LogP contribution < -0.4 is 16.0 Å². The van der Waals surface area contributed by atoms with Crippen LogP contribution in [0.3, 0.4) is 0 Å². The Balaban J connectivity index is 1.80. The van der Waals surface area contributed by atoms with E-state index in [9.17, 15) is 14.4 Å². The van der Waals surface area contributed by atoms with Gasteiger partial charge in [-0.05, 0) is 36.1 Å². The third-order valence-corrected chi connectivity index (χ3v) is 4.56. The Bertz CT molecular complexity index is 553. The average Bonchev–Trinajstić information content (AvgIpc) is 3.18. The van der Waals surface area contributed by atoms with Crippen LogP contribution in [0.2, 0.25) is 0 Å². The van der Waals surface area contributed by atoms with Crippen molar-refractivity contribution in [1.82, 2.24) is 16.0 Å². The van der Waals surface area contributed by atoms with Gasteiger partial charge in [-0.15, -0.1) is 11.3 Å². The number of hydrogen-bond donors (Lipinski definition) is 3. The van der Waals surface area contributed by atoms with Crippen LogP contribution in [0.15, 0.2) is 17.5 Å². The molecule has 1 aromatic rings. The highest BCUT2D eigenvalue weighted by Crippen LogP contribution is 2.27. The maximum atomic E-state index is 12.2. The lowest BCUT2D eigenvalue weighted by atomic mass is 10.0. The summed E-state index contributed by atoms with van der Waals surface area (Å²) >= 11 is 1.32. The predicted octanol–water partition coefficient (Wildman–Crippen LogP) is 1.14. The van der Waals surface area contributed by atoms with Gasteiger partial charge in [-0.2, -0.15) is 0 Å². The summed E-state index contributed by atoms with van der Waals surface area (Å²) in [6.45, 7) is 4.32. The van der Waals surface area contributed by atoms with Gasteiger partial charge in [-0.3, -0.25) is 14.4 Å². The SMILES string of the molecule is CC(C)[C@@H](NC(=O)c1cccs1)C(=O)NCC(=O)NCC1CC1. The van der Waals surface area contributed by atoms with Gasteiger partial charge in [0.15, 0.2) is 0 Å². The fourth-order valence-electron chi connectivity index (χ4n) is 2.08. The average molecular weight is 337 g/mol. The summed E-state index contributed by atoms with van der Waals surface area (Å²) < 4.78 is 0. The minimum Gasteiger partial charge on any atom is -0.354 e. The van der Waals surface area contributed by atoms with Crippen LogP contribution in [0, 0.1) is 11.8 Å². The Morgan fingerprint density at radius 2 is 2.00 bits per heavy atom. The summed E-state index contributed by atoms with van der Waals surface area (Å²) in [4.78, 5) is 36.6. The topological polar surface area (TPSA) is 87.3 Å². The van der Waals surface area contributed by atoms with Crippen LogP contribution in [0.25, 0.3) is 0 Å². The molecule has 3 amide bonds. The van der Waals surface area contributed by atoms with E-state index in [1.165, 1.54) is 11.3 Å². The smallest absolute Gasteiger partial charge is 0.262 e. The van der Waals surface area contributed by atoms with Crippen molar-refractivity contribution in [3.8, 4) is 0 Å². The maximum Gasteiger partial charge on any atom is 0.262 e. The van der Waals surface area contributed by atoms with Gasteiger partial charge in [0.25, 0.3) is 5.91 Å². The number of carbonyl (C=O) groups is 3. The second kappa shape index (κ2) is 8.10. The van der Waals surface area contributed by atoms with Gasteiger partial charge in [0.1, 0.15) is 6.04 Å². The maximum absolute atomic E-state index is 12.2. The number of rotatable bonds is 8. The zero-order valence-corrected chi connectivity index (χ0v) is 14.2. The zero-order valence-electron chi connectivity index (χ0n) is 13.4. The number of hydrogen-bond acceptors (Lipinski definition) is 4. The van der Waals surface area contributed by atoms with Gasteiger partial charge in [-0.25, -0.2) is 0 Å². The minimum atomic E-state index is -0.666. The van der Waals surface area contributed by atoms with Gasteiger partial charge in [-0.1, -0.05) is 19.9 Å². The van der Waals surface area contributed by atoms with Crippen LogP contribution in [0.5, 0.6) is 0 Å². The highest BCUT2D eigenvalue weighted by Gasteiger charge is 2.26. The highest BCUT2D eigenvalue weighted by atomic mass is 32.1. The first kappa shape index (κ1) is 17.5. The van der Waals surface area contributed by atoms with Crippen molar-refractivity contribution in [1.29, 1.82) is 0 Å². The molecule has 23 heavy (non-hydrogen) atoms. The van der Waals surface area contributed by atoms with Gasteiger partial charge in [0.05, 0.1) is 11.4 Å². The third kappa shape index (κ3) is 5.67. The number of carbonyl (C=O) groups excluding carboxylic acids is 3. The summed E-state index contributed by atoms with van der Waals surface area (Å²) in [7, 11) is 0. The Hall–Kier alpha value is -1.89. The van der Waals surface area contributed by atoms with Crippen molar-refractivity contribution < 1.29 is 14.4 Å². The molecule has 1 aliphatic carbocycles. The van der Waals surface area contributed by atoms with Gasteiger partial charge >= 0.3 is 0 Å². The molecule has 0 aromatic carbocycles. The first-order valence-corrected chi connectivity index (χ1v) is 8.74. The Morgan fingerprint density at radius 1 is 1.26 bits per heavy atom. The van der Waals surface area contributed by atoms with Crippen molar-refractivity contribution in [2.45, 2.75) is 32.7 Å². The Kier molecular flexibility index (Phi) is 6.15. The van der Waals surface area contributed by atoms with E-state index in [2.05, 4.69) is 16.0 Å². The second-order valence-corrected chi connectivity index (χ2v) is 7.09. The van der Waals surface area contributed by atoms with Crippen LogP contribution in [0.1, 0.15) is 36.4 Å². The molecule has 1 aliphatic rings. The third-order valence-electron chi connectivity index (χ3n) is 3.69. The number of thiophene rings is 1. The van der Waals surface area contributed by atoms with E-state index in [1.54, 1.807) is 12.1 Å². The number of amides is 3. The lowest BCUT2D eigenvalue weighted by molar-refractivity contribution is -0.127. The molecule has 3 N–H and O–H groups in total. The lowest BCUT2D eigenvalue weighted by Gasteiger charge is -2.21. The lowest BCUT2D eigenvalue weighted by Crippen LogP contribution is -2.51. The molecule has 1 atom stereocenters. The molecule has 2 rings (SSSR count). The summed E-state index contributed by atoms with van der Waals surface area (Å²) in [5, 5.41) is 9.93. The molecular formula is C16H23N3O3S. The molecular weight excluding hydrogens is 314 g/mol. The van der Waals surface area contributed by atoms with Gasteiger partial charge in [0, 0.05) is 6.54 Å². The number of nitrogens with one attached hydrogen (secondary N) is 3. The normalized spacial score (nSPS) is 15.1. The molecule has 0 radical (unpaired) electrons. The molecule has 1 heterocycles.